The summed E-state index contributed by atoms with van der Waals surface area (Å²) < 4.78 is 5.97. The molecule has 1 aromatic carbocycles. The van der Waals surface area contributed by atoms with Crippen LogP contribution in [0.5, 0.6) is 0 Å². The first-order valence-electron chi connectivity index (χ1n) is 18.9. The number of H-pyrrole nitrogens is 2. The van der Waals surface area contributed by atoms with Crippen molar-refractivity contribution >= 4 is 51.8 Å². The molecule has 55 heavy (non-hydrogen) atoms. The minimum absolute atomic E-state index is 0.0422. The Morgan fingerprint density at radius 3 is 2.64 bits per heavy atom. The SMILES string of the molecule is Cc1ccc(-c2cc(C(=O)N3CC(=O)N[C@H](Cc4c[nH]c5ccccc45)C(=O)N4CCC[C@@H]4C(=O)N[C@H](CC(C)C)C(=O)N[C@H]4CCO[C@H](C3)[C@H]4O)n[nH]2)s1. The van der Waals surface area contributed by atoms with Crippen molar-refractivity contribution in [3.05, 3.63) is 64.8 Å². The highest BCUT2D eigenvalue weighted by Crippen LogP contribution is 2.28. The number of aryl methyl sites for hydroxylation is 1. The van der Waals surface area contributed by atoms with E-state index in [9.17, 15) is 29.1 Å². The number of benzene rings is 1. The predicted octanol–water partition coefficient (Wildman–Crippen LogP) is 2.27. The summed E-state index contributed by atoms with van der Waals surface area (Å²) in [6, 6.07) is 9.52. The van der Waals surface area contributed by atoms with E-state index in [-0.39, 0.29) is 31.2 Å². The lowest BCUT2D eigenvalue weighted by atomic mass is 9.97. The first-order chi connectivity index (χ1) is 26.4. The van der Waals surface area contributed by atoms with Gasteiger partial charge in [-0.05, 0) is 68.4 Å². The smallest absolute Gasteiger partial charge is 0.274 e. The van der Waals surface area contributed by atoms with Gasteiger partial charge in [0.1, 0.15) is 36.9 Å². The van der Waals surface area contributed by atoms with Crippen LogP contribution < -0.4 is 16.0 Å². The van der Waals surface area contributed by atoms with Gasteiger partial charge in [0, 0.05) is 41.5 Å². The zero-order chi connectivity index (χ0) is 38.8. The van der Waals surface area contributed by atoms with Gasteiger partial charge < -0.3 is 40.6 Å². The Hall–Kier alpha value is -5.06. The summed E-state index contributed by atoms with van der Waals surface area (Å²) in [6.07, 6.45) is 1.27. The monoisotopic (exact) mass is 772 g/mol. The molecule has 0 radical (unpaired) electrons. The number of aliphatic hydroxyl groups is 1. The van der Waals surface area contributed by atoms with Crippen LogP contribution in [0.3, 0.4) is 0 Å². The van der Waals surface area contributed by atoms with Crippen LogP contribution >= 0.6 is 11.3 Å². The van der Waals surface area contributed by atoms with Gasteiger partial charge in [-0.25, -0.2) is 0 Å². The molecule has 0 unspecified atom stereocenters. The van der Waals surface area contributed by atoms with Crippen LogP contribution in [0.2, 0.25) is 0 Å². The first kappa shape index (κ1) is 38.2. The summed E-state index contributed by atoms with van der Waals surface area (Å²) >= 11 is 1.54. The maximum Gasteiger partial charge on any atom is 0.274 e. The topological polar surface area (TPSA) is 202 Å². The Balaban J connectivity index is 1.24. The van der Waals surface area contributed by atoms with E-state index in [0.717, 1.165) is 26.2 Å². The number of amides is 5. The number of para-hydroxylation sites is 1. The number of rotatable bonds is 6. The van der Waals surface area contributed by atoms with Crippen molar-refractivity contribution in [1.29, 1.82) is 0 Å². The summed E-state index contributed by atoms with van der Waals surface area (Å²) in [5.74, 6) is -2.51. The summed E-state index contributed by atoms with van der Waals surface area (Å²) in [7, 11) is 0. The van der Waals surface area contributed by atoms with Gasteiger partial charge in [-0.15, -0.1) is 11.3 Å². The van der Waals surface area contributed by atoms with E-state index >= 15 is 0 Å². The number of carbonyl (C=O) groups is 5. The number of hydrogen-bond acceptors (Lipinski definition) is 9. The van der Waals surface area contributed by atoms with Gasteiger partial charge in [0.05, 0.1) is 23.2 Å². The van der Waals surface area contributed by atoms with Crippen LogP contribution in [0, 0.1) is 12.8 Å². The van der Waals surface area contributed by atoms with Crippen LogP contribution in [0.15, 0.2) is 48.7 Å². The Labute approximate surface area is 322 Å². The molecule has 5 amide bonds. The van der Waals surface area contributed by atoms with Crippen LogP contribution in [-0.4, -0.2) is 122 Å². The van der Waals surface area contributed by atoms with Crippen LogP contribution in [-0.2, 0) is 30.3 Å². The van der Waals surface area contributed by atoms with Crippen LogP contribution in [0.4, 0.5) is 0 Å². The molecular weight excluding hydrogens is 725 g/mol. The predicted molar refractivity (Wildman–Crippen MR) is 205 cm³/mol. The van der Waals surface area contributed by atoms with Gasteiger partial charge in [-0.3, -0.25) is 29.1 Å². The van der Waals surface area contributed by atoms with Gasteiger partial charge in [-0.2, -0.15) is 5.10 Å². The number of nitrogens with one attached hydrogen (secondary N) is 5. The molecule has 2 bridgehead atoms. The van der Waals surface area contributed by atoms with Gasteiger partial charge in [0.15, 0.2) is 5.69 Å². The van der Waals surface area contributed by atoms with Crippen molar-refractivity contribution in [3.63, 3.8) is 0 Å². The molecule has 3 aliphatic heterocycles. The number of ether oxygens (including phenoxy) is 1. The molecule has 0 aliphatic carbocycles. The number of nitrogens with zero attached hydrogens (tertiary/aromatic N) is 3. The zero-order valence-corrected chi connectivity index (χ0v) is 32.0. The molecule has 15 nitrogen and oxygen atoms in total. The van der Waals surface area contributed by atoms with Gasteiger partial charge in [0.2, 0.25) is 23.6 Å². The molecule has 6 N–H and O–H groups in total. The second-order valence-corrected chi connectivity index (χ2v) is 16.4. The van der Waals surface area contributed by atoms with Crippen molar-refractivity contribution in [2.45, 2.75) is 89.3 Å². The molecule has 7 rings (SSSR count). The van der Waals surface area contributed by atoms with E-state index in [4.69, 9.17) is 4.74 Å². The van der Waals surface area contributed by atoms with Crippen molar-refractivity contribution in [3.8, 4) is 10.6 Å². The molecule has 292 valence electrons. The lowest BCUT2D eigenvalue weighted by Gasteiger charge is -2.38. The summed E-state index contributed by atoms with van der Waals surface area (Å²) in [6.45, 7) is 5.64. The lowest BCUT2D eigenvalue weighted by molar-refractivity contribution is -0.142. The van der Waals surface area contributed by atoms with Crippen LogP contribution in [0.25, 0.3) is 21.5 Å². The fourth-order valence-corrected chi connectivity index (χ4v) is 8.65. The zero-order valence-electron chi connectivity index (χ0n) is 31.2. The molecule has 3 saturated heterocycles. The van der Waals surface area contributed by atoms with E-state index in [1.807, 2.05) is 57.2 Å². The lowest BCUT2D eigenvalue weighted by Crippen LogP contribution is -2.60. The average molecular weight is 773 g/mol. The first-order valence-corrected chi connectivity index (χ1v) is 19.7. The van der Waals surface area contributed by atoms with Crippen LogP contribution in [0.1, 0.15) is 60.5 Å². The largest absolute Gasteiger partial charge is 0.388 e. The fourth-order valence-electron chi connectivity index (χ4n) is 7.82. The average Bonchev–Trinajstić information content (AvgIpc) is 3.99. The fraction of sp³-hybridized carbons (Fsp3) is 0.487. The molecular formula is C39H48N8O7S. The van der Waals surface area contributed by atoms with E-state index in [1.165, 1.54) is 21.1 Å². The van der Waals surface area contributed by atoms with E-state index in [0.29, 0.717) is 37.9 Å². The third-order valence-electron chi connectivity index (χ3n) is 10.6. The summed E-state index contributed by atoms with van der Waals surface area (Å²) in [5, 5.41) is 28.4. The Morgan fingerprint density at radius 1 is 1.04 bits per heavy atom. The summed E-state index contributed by atoms with van der Waals surface area (Å²) in [5.41, 5.74) is 2.35. The van der Waals surface area contributed by atoms with Crippen molar-refractivity contribution in [2.75, 3.05) is 26.2 Å². The molecule has 3 aliphatic rings. The van der Waals surface area contributed by atoms with E-state index < -0.39 is 72.5 Å². The number of aromatic amines is 2. The molecule has 6 atom stereocenters. The second kappa shape index (κ2) is 16.4. The Bertz CT molecular complexity index is 2060. The molecule has 4 aromatic rings. The number of carbonyl (C=O) groups excluding carboxylic acids is 5. The van der Waals surface area contributed by atoms with Crippen molar-refractivity contribution in [1.82, 2.24) is 40.9 Å². The van der Waals surface area contributed by atoms with Gasteiger partial charge in [0.25, 0.3) is 5.91 Å². The van der Waals surface area contributed by atoms with E-state index in [2.05, 4.69) is 31.1 Å². The highest BCUT2D eigenvalue weighted by Gasteiger charge is 2.42. The minimum atomic E-state index is -1.24. The third-order valence-corrected chi connectivity index (χ3v) is 11.7. The molecule has 3 fully saturated rings. The molecule has 0 spiro atoms. The highest BCUT2D eigenvalue weighted by molar-refractivity contribution is 7.15. The number of aromatic nitrogens is 3. The molecule has 0 saturated carbocycles. The molecule has 16 heteroatoms. The number of hydrogen-bond donors (Lipinski definition) is 6. The highest BCUT2D eigenvalue weighted by atomic mass is 32.1. The second-order valence-electron chi connectivity index (χ2n) is 15.1. The quantitative estimate of drug-likeness (QED) is 0.171. The number of fused-ring (bicyclic) bond motifs is 4. The normalized spacial score (nSPS) is 25.8. The Kier molecular flexibility index (Phi) is 11.4. The number of aliphatic hydroxyl groups excluding tert-OH is 1. The molecule has 3 aromatic heterocycles. The number of thiophene rings is 1. The van der Waals surface area contributed by atoms with Gasteiger partial charge >= 0.3 is 0 Å². The third kappa shape index (κ3) is 8.45. The van der Waals surface area contributed by atoms with Crippen molar-refractivity contribution in [2.24, 2.45) is 5.92 Å². The standard InChI is InChI=1S/C39H48N8O7S/c1-21(2)15-28-36(50)42-26-12-14-54-32(35(26)49)19-46(38(52)30-17-27(44-45-30)33-11-10-22(3)55-33)20-34(48)41-29(16-23-18-40-25-8-5-4-7-24(23)25)39(53)47-13-6-9-31(47)37(51)43-28/h4-5,7-8,10-11,17-18,21,26,28-29,31-32,35,40,49H,6,9,12-16,19-20H2,1-3H3,(H,41,48)(H,42,50)(H,43,51)(H,44,45)/t26-,28+,29+,31+,32+,35-/m0/s1. The maximum atomic E-state index is 14.5. The molecule has 6 heterocycles. The van der Waals surface area contributed by atoms with Crippen molar-refractivity contribution < 1.29 is 33.8 Å². The summed E-state index contributed by atoms with van der Waals surface area (Å²) in [4.78, 5) is 78.5. The Morgan fingerprint density at radius 2 is 1.85 bits per heavy atom. The maximum absolute atomic E-state index is 14.5. The van der Waals surface area contributed by atoms with E-state index in [1.54, 1.807) is 12.3 Å². The van der Waals surface area contributed by atoms with Gasteiger partial charge in [-0.1, -0.05) is 32.0 Å². The minimum Gasteiger partial charge on any atom is -0.388 e.